The maximum atomic E-state index is 12.5. The summed E-state index contributed by atoms with van der Waals surface area (Å²) in [6.07, 6.45) is 0.608. The van der Waals surface area contributed by atoms with Crippen LogP contribution in [0.4, 0.5) is 4.79 Å². The van der Waals surface area contributed by atoms with Crippen LogP contribution >= 0.6 is 0 Å². The molecule has 2 amide bonds. The number of alkyl carbamates (subject to hydrolysis) is 1. The molecular formula is C27H34N2O5. The van der Waals surface area contributed by atoms with E-state index in [-0.39, 0.29) is 30.9 Å². The van der Waals surface area contributed by atoms with Gasteiger partial charge in [0, 0.05) is 18.4 Å². The minimum absolute atomic E-state index is 0.0191. The molecule has 0 spiro atoms. The van der Waals surface area contributed by atoms with Crippen LogP contribution in [0.2, 0.25) is 0 Å². The Bertz CT molecular complexity index is 998. The van der Waals surface area contributed by atoms with Crippen molar-refractivity contribution in [2.75, 3.05) is 6.61 Å². The van der Waals surface area contributed by atoms with Crippen LogP contribution in [-0.2, 0) is 14.3 Å². The number of rotatable bonds is 9. The minimum atomic E-state index is -1.07. The summed E-state index contributed by atoms with van der Waals surface area (Å²) in [4.78, 5) is 36.3. The molecule has 2 aromatic carbocycles. The lowest BCUT2D eigenvalue weighted by Crippen LogP contribution is -2.49. The summed E-state index contributed by atoms with van der Waals surface area (Å²) in [5, 5.41) is 14.8. The van der Waals surface area contributed by atoms with E-state index in [0.29, 0.717) is 12.8 Å². The summed E-state index contributed by atoms with van der Waals surface area (Å²) < 4.78 is 5.59. The fraction of sp³-hybridized carbons (Fsp3) is 0.444. The fourth-order valence-electron chi connectivity index (χ4n) is 4.37. The van der Waals surface area contributed by atoms with E-state index in [0.717, 1.165) is 11.1 Å². The molecular weight excluding hydrogens is 432 g/mol. The van der Waals surface area contributed by atoms with Crippen LogP contribution < -0.4 is 10.6 Å². The van der Waals surface area contributed by atoms with E-state index in [2.05, 4.69) is 34.9 Å². The molecule has 7 nitrogen and oxygen atoms in total. The maximum absolute atomic E-state index is 12.5. The first-order valence-electron chi connectivity index (χ1n) is 11.8. The highest BCUT2D eigenvalue weighted by molar-refractivity contribution is 5.84. The van der Waals surface area contributed by atoms with Crippen LogP contribution in [0.1, 0.15) is 64.0 Å². The van der Waals surface area contributed by atoms with Crippen LogP contribution in [-0.4, -0.2) is 41.8 Å². The van der Waals surface area contributed by atoms with Crippen molar-refractivity contribution in [3.05, 3.63) is 59.7 Å². The van der Waals surface area contributed by atoms with Crippen molar-refractivity contribution in [2.45, 2.75) is 65.0 Å². The highest BCUT2D eigenvalue weighted by Gasteiger charge is 2.33. The van der Waals surface area contributed by atoms with Crippen molar-refractivity contribution in [1.82, 2.24) is 10.6 Å². The molecule has 0 bridgehead atoms. The molecule has 0 heterocycles. The Morgan fingerprint density at radius 1 is 0.971 bits per heavy atom. The monoisotopic (exact) mass is 466 g/mol. The number of benzene rings is 2. The van der Waals surface area contributed by atoms with E-state index < -0.39 is 23.5 Å². The van der Waals surface area contributed by atoms with Gasteiger partial charge in [0.1, 0.15) is 12.6 Å². The summed E-state index contributed by atoms with van der Waals surface area (Å²) >= 11 is 0. The Balaban J connectivity index is 1.52. The maximum Gasteiger partial charge on any atom is 0.407 e. The van der Waals surface area contributed by atoms with Crippen LogP contribution in [0.25, 0.3) is 11.1 Å². The predicted molar refractivity (Wildman–Crippen MR) is 131 cm³/mol. The number of carboxylic acid groups (broad SMARTS) is 1. The Morgan fingerprint density at radius 2 is 1.53 bits per heavy atom. The van der Waals surface area contributed by atoms with E-state index >= 15 is 0 Å². The van der Waals surface area contributed by atoms with Crippen LogP contribution in [0.5, 0.6) is 0 Å². The van der Waals surface area contributed by atoms with Crippen LogP contribution in [0.3, 0.4) is 0 Å². The molecule has 1 unspecified atom stereocenters. The van der Waals surface area contributed by atoms with Crippen molar-refractivity contribution in [2.24, 2.45) is 5.41 Å². The van der Waals surface area contributed by atoms with Gasteiger partial charge >= 0.3 is 12.1 Å². The van der Waals surface area contributed by atoms with Gasteiger partial charge in [-0.3, -0.25) is 4.79 Å². The van der Waals surface area contributed by atoms with Gasteiger partial charge in [-0.15, -0.1) is 0 Å². The average molecular weight is 467 g/mol. The number of hydrogen-bond acceptors (Lipinski definition) is 4. The molecule has 0 radical (unpaired) electrons. The van der Waals surface area contributed by atoms with E-state index in [1.807, 2.05) is 31.2 Å². The minimum Gasteiger partial charge on any atom is -0.480 e. The number of fused-ring (bicyclic) bond motifs is 3. The molecule has 182 valence electrons. The quantitative estimate of drug-likeness (QED) is 0.497. The number of aliphatic carboxylic acids is 1. The number of carbonyl (C=O) groups excluding carboxylic acids is 2. The van der Waals surface area contributed by atoms with Crippen LogP contribution in [0, 0.1) is 5.41 Å². The lowest BCUT2D eigenvalue weighted by molar-refractivity contribution is -0.145. The lowest BCUT2D eigenvalue weighted by Gasteiger charge is -2.28. The first-order chi connectivity index (χ1) is 16.1. The zero-order valence-electron chi connectivity index (χ0n) is 20.3. The Kier molecular flexibility index (Phi) is 7.97. The zero-order valence-corrected chi connectivity index (χ0v) is 20.3. The second-order valence-electron chi connectivity index (χ2n) is 9.82. The lowest BCUT2D eigenvalue weighted by atomic mass is 9.86. The summed E-state index contributed by atoms with van der Waals surface area (Å²) in [5.74, 6) is -1.44. The highest BCUT2D eigenvalue weighted by Crippen LogP contribution is 2.44. The molecule has 1 aliphatic carbocycles. The fourth-order valence-corrected chi connectivity index (χ4v) is 4.37. The number of amides is 2. The molecule has 0 saturated carbocycles. The molecule has 0 fully saturated rings. The van der Waals surface area contributed by atoms with Crippen molar-refractivity contribution >= 4 is 18.0 Å². The standard InChI is InChI=1S/C27H34N2O5/c1-5-17(14-15-23(30)29-24(25(31)32)27(2,3)4)28-26(33)34-16-22-20-12-8-6-10-18(20)19-11-7-9-13-21(19)22/h6-13,17,22,24H,5,14-16H2,1-4H3,(H,28,33)(H,29,30)(H,31,32)/t17?,24-/m0/s1. The predicted octanol–water partition coefficient (Wildman–Crippen LogP) is 4.70. The molecule has 7 heteroatoms. The summed E-state index contributed by atoms with van der Waals surface area (Å²) in [7, 11) is 0. The van der Waals surface area contributed by atoms with Gasteiger partial charge in [0.2, 0.25) is 5.91 Å². The Labute approximate surface area is 200 Å². The number of carboxylic acids is 1. The molecule has 1 aliphatic rings. The van der Waals surface area contributed by atoms with Gasteiger partial charge < -0.3 is 20.5 Å². The summed E-state index contributed by atoms with van der Waals surface area (Å²) in [5.41, 5.74) is 4.02. The second kappa shape index (κ2) is 10.7. The van der Waals surface area contributed by atoms with Gasteiger partial charge in [-0.1, -0.05) is 76.2 Å². The topological polar surface area (TPSA) is 105 Å². The average Bonchev–Trinajstić information content (AvgIpc) is 3.11. The summed E-state index contributed by atoms with van der Waals surface area (Å²) in [6.45, 7) is 7.43. The molecule has 3 N–H and O–H groups in total. The Morgan fingerprint density at radius 3 is 2.03 bits per heavy atom. The van der Waals surface area contributed by atoms with Crippen LogP contribution in [0.15, 0.2) is 48.5 Å². The number of carbonyl (C=O) groups is 3. The van der Waals surface area contributed by atoms with Gasteiger partial charge in [0.05, 0.1) is 0 Å². The zero-order chi connectivity index (χ0) is 24.9. The molecule has 0 aromatic heterocycles. The smallest absolute Gasteiger partial charge is 0.407 e. The van der Waals surface area contributed by atoms with Crippen molar-refractivity contribution in [1.29, 1.82) is 0 Å². The third-order valence-corrected chi connectivity index (χ3v) is 6.30. The van der Waals surface area contributed by atoms with E-state index in [1.54, 1.807) is 20.8 Å². The third kappa shape index (κ3) is 5.95. The summed E-state index contributed by atoms with van der Waals surface area (Å²) in [6, 6.07) is 15.1. The van der Waals surface area contributed by atoms with Gasteiger partial charge in [0.25, 0.3) is 0 Å². The SMILES string of the molecule is CCC(CCC(=O)N[C@@H](C(=O)O)C(C)(C)C)NC(=O)OCC1c2ccccc2-c2ccccc21. The first kappa shape index (κ1) is 25.3. The number of hydrogen-bond donors (Lipinski definition) is 3. The van der Waals surface area contributed by atoms with Gasteiger partial charge in [-0.25, -0.2) is 9.59 Å². The van der Waals surface area contributed by atoms with E-state index in [9.17, 15) is 19.5 Å². The molecule has 2 aromatic rings. The van der Waals surface area contributed by atoms with Crippen molar-refractivity contribution in [3.63, 3.8) is 0 Å². The van der Waals surface area contributed by atoms with Gasteiger partial charge in [-0.2, -0.15) is 0 Å². The van der Waals surface area contributed by atoms with Crippen molar-refractivity contribution in [3.8, 4) is 11.1 Å². The van der Waals surface area contributed by atoms with Gasteiger partial charge in [-0.05, 0) is 40.5 Å². The third-order valence-electron chi connectivity index (χ3n) is 6.30. The highest BCUT2D eigenvalue weighted by atomic mass is 16.5. The van der Waals surface area contributed by atoms with Gasteiger partial charge in [0.15, 0.2) is 0 Å². The number of ether oxygens (including phenoxy) is 1. The second-order valence-corrected chi connectivity index (χ2v) is 9.82. The molecule has 0 saturated heterocycles. The Hall–Kier alpha value is -3.35. The molecule has 0 aliphatic heterocycles. The van der Waals surface area contributed by atoms with Crippen molar-refractivity contribution < 1.29 is 24.2 Å². The number of nitrogens with one attached hydrogen (secondary N) is 2. The largest absolute Gasteiger partial charge is 0.480 e. The molecule has 2 atom stereocenters. The normalized spacial score (nSPS) is 14.5. The molecule has 34 heavy (non-hydrogen) atoms. The molecule has 3 rings (SSSR count). The van der Waals surface area contributed by atoms with E-state index in [1.165, 1.54) is 11.1 Å². The first-order valence-corrected chi connectivity index (χ1v) is 11.8. The van der Waals surface area contributed by atoms with E-state index in [4.69, 9.17) is 4.74 Å².